The van der Waals surface area contributed by atoms with Crippen molar-refractivity contribution in [3.8, 4) is 0 Å². The van der Waals surface area contributed by atoms with Gasteiger partial charge < -0.3 is 15.1 Å². The van der Waals surface area contributed by atoms with Crippen LogP contribution in [0, 0.1) is 0 Å². The summed E-state index contributed by atoms with van der Waals surface area (Å²) in [5.41, 5.74) is 1.81. The maximum atomic E-state index is 12.3. The van der Waals surface area contributed by atoms with E-state index in [9.17, 15) is 9.59 Å². The van der Waals surface area contributed by atoms with Crippen LogP contribution in [0.5, 0.6) is 0 Å². The largest absolute Gasteiger partial charge is 0.467 e. The molecule has 3 rings (SSSR count). The fourth-order valence-electron chi connectivity index (χ4n) is 2.51. The van der Waals surface area contributed by atoms with Crippen molar-refractivity contribution < 1.29 is 14.0 Å². The van der Waals surface area contributed by atoms with Crippen LogP contribution in [0.4, 0.5) is 0 Å². The van der Waals surface area contributed by atoms with Gasteiger partial charge in [0, 0.05) is 0 Å². The van der Waals surface area contributed by atoms with Crippen LogP contribution in [-0.4, -0.2) is 11.8 Å². The number of hydrogen-bond donors (Lipinski definition) is 2. The number of carbonyl (C=O) groups is 2. The molecule has 0 saturated heterocycles. The molecule has 3 aromatic rings. The third-order valence-corrected chi connectivity index (χ3v) is 3.75. The van der Waals surface area contributed by atoms with Crippen LogP contribution >= 0.6 is 0 Å². The van der Waals surface area contributed by atoms with Crippen molar-refractivity contribution in [2.24, 2.45) is 0 Å². The molecule has 5 nitrogen and oxygen atoms in total. The van der Waals surface area contributed by atoms with Gasteiger partial charge in [0.15, 0.2) is 0 Å². The van der Waals surface area contributed by atoms with E-state index in [-0.39, 0.29) is 6.54 Å². The maximum absolute atomic E-state index is 12.3. The summed E-state index contributed by atoms with van der Waals surface area (Å²) in [6, 6.07) is 22.1. The minimum Gasteiger partial charge on any atom is -0.467 e. The Morgan fingerprint density at radius 3 is 1.92 bits per heavy atom. The summed E-state index contributed by atoms with van der Waals surface area (Å²) in [5.74, 6) is -0.804. The van der Waals surface area contributed by atoms with Gasteiger partial charge in [-0.05, 0) is 23.3 Å². The van der Waals surface area contributed by atoms with Gasteiger partial charge in [0.25, 0.3) is 0 Å². The molecule has 0 spiro atoms. The molecule has 1 heterocycles. The first kappa shape index (κ1) is 16.5. The third kappa shape index (κ3) is 4.35. The van der Waals surface area contributed by atoms with E-state index < -0.39 is 17.9 Å². The van der Waals surface area contributed by atoms with Crippen molar-refractivity contribution in [3.63, 3.8) is 0 Å². The van der Waals surface area contributed by atoms with Crippen molar-refractivity contribution in [1.29, 1.82) is 0 Å². The van der Waals surface area contributed by atoms with Crippen molar-refractivity contribution in [2.75, 3.05) is 0 Å². The molecule has 0 unspecified atom stereocenters. The molecular weight excluding hydrogens is 316 g/mol. The molecule has 0 bridgehead atoms. The fraction of sp³-hybridized carbons (Fsp3) is 0.100. The number of hydrogen-bond acceptors (Lipinski definition) is 3. The highest BCUT2D eigenvalue weighted by molar-refractivity contribution is 6.35. The standard InChI is InChI=1S/C20H18N2O3/c23-19(21-14-17-12-7-13-25-17)20(24)22-18(15-8-3-1-4-9-15)16-10-5-2-6-11-16/h1-13,18H,14H2,(H,21,23)(H,22,24). The lowest BCUT2D eigenvalue weighted by Gasteiger charge is -2.19. The molecule has 0 atom stereocenters. The molecule has 25 heavy (non-hydrogen) atoms. The SMILES string of the molecule is O=C(NCc1ccco1)C(=O)NC(c1ccccc1)c1ccccc1. The van der Waals surface area contributed by atoms with Crippen LogP contribution in [0.1, 0.15) is 22.9 Å². The normalized spacial score (nSPS) is 10.4. The van der Waals surface area contributed by atoms with Crippen molar-refractivity contribution in [1.82, 2.24) is 10.6 Å². The number of carbonyl (C=O) groups excluding carboxylic acids is 2. The van der Waals surface area contributed by atoms with Gasteiger partial charge in [-0.3, -0.25) is 9.59 Å². The summed E-state index contributed by atoms with van der Waals surface area (Å²) in [5, 5.41) is 5.35. The second-order valence-corrected chi connectivity index (χ2v) is 5.49. The monoisotopic (exact) mass is 334 g/mol. The van der Waals surface area contributed by atoms with Crippen molar-refractivity contribution >= 4 is 11.8 Å². The first-order valence-corrected chi connectivity index (χ1v) is 7.95. The Balaban J connectivity index is 1.71. The zero-order chi connectivity index (χ0) is 17.5. The molecule has 0 aliphatic rings. The fourth-order valence-corrected chi connectivity index (χ4v) is 2.51. The first-order chi connectivity index (χ1) is 12.2. The van der Waals surface area contributed by atoms with E-state index >= 15 is 0 Å². The Hall–Kier alpha value is -3.34. The minimum atomic E-state index is -0.701. The Labute approximate surface area is 145 Å². The highest BCUT2D eigenvalue weighted by Crippen LogP contribution is 2.21. The van der Waals surface area contributed by atoms with Gasteiger partial charge in [0.2, 0.25) is 0 Å². The zero-order valence-electron chi connectivity index (χ0n) is 13.5. The summed E-state index contributed by atoms with van der Waals surface area (Å²) < 4.78 is 5.14. The Bertz CT molecular complexity index is 775. The van der Waals surface area contributed by atoms with E-state index in [1.54, 1.807) is 12.1 Å². The molecule has 2 aromatic carbocycles. The quantitative estimate of drug-likeness (QED) is 0.705. The number of furan rings is 1. The summed E-state index contributed by atoms with van der Waals surface area (Å²) in [7, 11) is 0. The highest BCUT2D eigenvalue weighted by Gasteiger charge is 2.21. The predicted octanol–water partition coefficient (Wildman–Crippen LogP) is 2.80. The molecule has 0 aliphatic heterocycles. The Morgan fingerprint density at radius 1 is 0.800 bits per heavy atom. The van der Waals surface area contributed by atoms with Crippen LogP contribution in [0.15, 0.2) is 83.5 Å². The van der Waals surface area contributed by atoms with Gasteiger partial charge in [0.05, 0.1) is 18.8 Å². The molecule has 2 N–H and O–H groups in total. The predicted molar refractivity (Wildman–Crippen MR) is 93.4 cm³/mol. The average Bonchev–Trinajstić information content (AvgIpc) is 3.19. The van der Waals surface area contributed by atoms with Crippen molar-refractivity contribution in [3.05, 3.63) is 95.9 Å². The maximum Gasteiger partial charge on any atom is 0.310 e. The van der Waals surface area contributed by atoms with Gasteiger partial charge in [-0.15, -0.1) is 0 Å². The Morgan fingerprint density at radius 2 is 1.40 bits per heavy atom. The van der Waals surface area contributed by atoms with Crippen LogP contribution in [0.25, 0.3) is 0 Å². The lowest BCUT2D eigenvalue weighted by molar-refractivity contribution is -0.139. The zero-order valence-corrected chi connectivity index (χ0v) is 13.5. The summed E-state index contributed by atoms with van der Waals surface area (Å²) >= 11 is 0. The van der Waals surface area contributed by atoms with E-state index in [1.807, 2.05) is 60.7 Å². The second kappa shape index (κ2) is 7.97. The van der Waals surface area contributed by atoms with E-state index in [2.05, 4.69) is 10.6 Å². The molecule has 1 aromatic heterocycles. The van der Waals surface area contributed by atoms with Gasteiger partial charge in [-0.1, -0.05) is 60.7 Å². The first-order valence-electron chi connectivity index (χ1n) is 7.95. The van der Waals surface area contributed by atoms with Crippen LogP contribution in [-0.2, 0) is 16.1 Å². The smallest absolute Gasteiger partial charge is 0.310 e. The minimum absolute atomic E-state index is 0.167. The van der Waals surface area contributed by atoms with E-state index in [0.717, 1.165) is 11.1 Å². The Kier molecular flexibility index (Phi) is 5.26. The van der Waals surface area contributed by atoms with E-state index in [1.165, 1.54) is 6.26 Å². The third-order valence-electron chi connectivity index (χ3n) is 3.75. The molecule has 0 fully saturated rings. The number of benzene rings is 2. The van der Waals surface area contributed by atoms with Gasteiger partial charge in [0.1, 0.15) is 5.76 Å². The summed E-state index contributed by atoms with van der Waals surface area (Å²) in [4.78, 5) is 24.4. The van der Waals surface area contributed by atoms with Crippen LogP contribution < -0.4 is 10.6 Å². The molecule has 2 amide bonds. The molecule has 5 heteroatoms. The number of nitrogens with one attached hydrogen (secondary N) is 2. The summed E-state index contributed by atoms with van der Waals surface area (Å²) in [6.45, 7) is 0.167. The lowest BCUT2D eigenvalue weighted by atomic mass is 9.99. The van der Waals surface area contributed by atoms with Gasteiger partial charge >= 0.3 is 11.8 Å². The molecule has 0 aliphatic carbocycles. The highest BCUT2D eigenvalue weighted by atomic mass is 16.3. The number of rotatable bonds is 5. The van der Waals surface area contributed by atoms with Crippen LogP contribution in [0.2, 0.25) is 0 Å². The van der Waals surface area contributed by atoms with E-state index in [0.29, 0.717) is 5.76 Å². The topological polar surface area (TPSA) is 71.3 Å². The molecule has 0 saturated carbocycles. The van der Waals surface area contributed by atoms with Gasteiger partial charge in [-0.25, -0.2) is 0 Å². The average molecular weight is 334 g/mol. The molecule has 0 radical (unpaired) electrons. The van der Waals surface area contributed by atoms with E-state index in [4.69, 9.17) is 4.42 Å². The second-order valence-electron chi connectivity index (χ2n) is 5.49. The summed E-state index contributed by atoms with van der Waals surface area (Å²) in [6.07, 6.45) is 1.52. The molecular formula is C20H18N2O3. The van der Waals surface area contributed by atoms with Crippen molar-refractivity contribution in [2.45, 2.75) is 12.6 Å². The number of amides is 2. The molecule has 126 valence electrons. The van der Waals surface area contributed by atoms with Gasteiger partial charge in [-0.2, -0.15) is 0 Å². The lowest BCUT2D eigenvalue weighted by Crippen LogP contribution is -2.41. The van der Waals surface area contributed by atoms with Crippen LogP contribution in [0.3, 0.4) is 0 Å².